The van der Waals surface area contributed by atoms with E-state index in [0.717, 1.165) is 6.07 Å². The molecule has 1 N–H and O–H groups in total. The number of rotatable bonds is 2. The number of fused-ring (bicyclic) bond motifs is 1. The monoisotopic (exact) mass is 311 g/mol. The molecule has 0 saturated heterocycles. The van der Waals surface area contributed by atoms with Gasteiger partial charge in [0.05, 0.1) is 17.3 Å². The molecule has 1 atom stereocenters. The molecule has 0 radical (unpaired) electrons. The van der Waals surface area contributed by atoms with Gasteiger partial charge in [0, 0.05) is 0 Å². The molecule has 1 aliphatic rings. The lowest BCUT2D eigenvalue weighted by Gasteiger charge is -2.26. The average molecular weight is 311 g/mol. The largest absolute Gasteiger partial charge is 0.476 e. The predicted molar refractivity (Wildman–Crippen MR) is 69.5 cm³/mol. The highest BCUT2D eigenvalue weighted by molar-refractivity contribution is 5.86. The maximum Gasteiger partial charge on any atom is 0.416 e. The zero-order valence-electron chi connectivity index (χ0n) is 11.3. The van der Waals surface area contributed by atoms with E-state index >= 15 is 0 Å². The fourth-order valence-electron chi connectivity index (χ4n) is 2.88. The Morgan fingerprint density at radius 3 is 2.73 bits per heavy atom. The smallest absolute Gasteiger partial charge is 0.416 e. The first-order valence-corrected chi connectivity index (χ1v) is 6.73. The fraction of sp³-hybridized carbons (Fsp3) is 0.357. The van der Waals surface area contributed by atoms with E-state index in [1.54, 1.807) is 0 Å². The van der Waals surface area contributed by atoms with Gasteiger partial charge in [0.15, 0.2) is 5.69 Å². The lowest BCUT2D eigenvalue weighted by atomic mass is 9.92. The number of halogens is 3. The Balaban J connectivity index is 2.12. The summed E-state index contributed by atoms with van der Waals surface area (Å²) in [5.74, 6) is -1.22. The van der Waals surface area contributed by atoms with E-state index in [0.29, 0.717) is 25.0 Å². The van der Waals surface area contributed by atoms with Gasteiger partial charge in [0.1, 0.15) is 0 Å². The van der Waals surface area contributed by atoms with Crippen LogP contribution in [0.3, 0.4) is 0 Å². The summed E-state index contributed by atoms with van der Waals surface area (Å²) in [7, 11) is 0. The summed E-state index contributed by atoms with van der Waals surface area (Å²) >= 11 is 0. The van der Waals surface area contributed by atoms with Gasteiger partial charge in [0.25, 0.3) is 0 Å². The van der Waals surface area contributed by atoms with E-state index in [1.807, 2.05) is 0 Å². The highest BCUT2D eigenvalue weighted by atomic mass is 19.4. The minimum atomic E-state index is -4.47. The lowest BCUT2D eigenvalue weighted by Crippen LogP contribution is -2.23. The van der Waals surface area contributed by atoms with E-state index < -0.39 is 23.8 Å². The van der Waals surface area contributed by atoms with Crippen LogP contribution in [0.5, 0.6) is 0 Å². The van der Waals surface area contributed by atoms with Crippen LogP contribution in [-0.4, -0.2) is 26.1 Å². The van der Waals surface area contributed by atoms with Crippen LogP contribution in [-0.2, 0) is 12.6 Å². The molecule has 0 fully saturated rings. The number of carbonyl (C=O) groups is 1. The van der Waals surface area contributed by atoms with Crippen molar-refractivity contribution in [2.45, 2.75) is 31.5 Å². The molecule has 8 heteroatoms. The third kappa shape index (κ3) is 2.34. The zero-order valence-corrected chi connectivity index (χ0v) is 11.3. The standard InChI is InChI=1S/C14H12F3N3O2/c15-14(16,17)9-5-2-1-4-8(9)10-6-3-7-11-12(13(21)22)18-19-20(10)11/h1-2,4-5,10H,3,6-7H2,(H,21,22). The summed E-state index contributed by atoms with van der Waals surface area (Å²) in [5.41, 5.74) is -0.437. The molecule has 1 aromatic heterocycles. The molecule has 0 bridgehead atoms. The minimum Gasteiger partial charge on any atom is -0.476 e. The first kappa shape index (κ1) is 14.6. The van der Waals surface area contributed by atoms with Crippen LogP contribution in [0.25, 0.3) is 0 Å². The first-order chi connectivity index (χ1) is 10.4. The quantitative estimate of drug-likeness (QED) is 0.926. The van der Waals surface area contributed by atoms with E-state index in [-0.39, 0.29) is 11.3 Å². The number of benzene rings is 1. The Morgan fingerprint density at radius 1 is 1.32 bits per heavy atom. The molecular formula is C14H12F3N3O2. The first-order valence-electron chi connectivity index (χ1n) is 6.73. The molecule has 1 aromatic carbocycles. The predicted octanol–water partition coefficient (Wildman–Crippen LogP) is 2.92. The Morgan fingerprint density at radius 2 is 2.05 bits per heavy atom. The second-order valence-corrected chi connectivity index (χ2v) is 5.13. The second-order valence-electron chi connectivity index (χ2n) is 5.13. The van der Waals surface area contributed by atoms with Crippen molar-refractivity contribution >= 4 is 5.97 Å². The molecule has 3 rings (SSSR count). The van der Waals surface area contributed by atoms with Gasteiger partial charge >= 0.3 is 12.1 Å². The maximum atomic E-state index is 13.2. The van der Waals surface area contributed by atoms with Crippen molar-refractivity contribution < 1.29 is 23.1 Å². The van der Waals surface area contributed by atoms with Crippen molar-refractivity contribution in [3.63, 3.8) is 0 Å². The molecule has 0 amide bonds. The number of hydrogen-bond donors (Lipinski definition) is 1. The summed E-state index contributed by atoms with van der Waals surface area (Å²) in [6.45, 7) is 0. The van der Waals surface area contributed by atoms with Crippen molar-refractivity contribution in [3.05, 3.63) is 46.8 Å². The average Bonchev–Trinajstić information content (AvgIpc) is 2.90. The fourth-order valence-corrected chi connectivity index (χ4v) is 2.88. The Labute approximate surface area is 123 Å². The molecule has 22 heavy (non-hydrogen) atoms. The molecule has 0 aliphatic carbocycles. The Bertz CT molecular complexity index is 724. The summed E-state index contributed by atoms with van der Waals surface area (Å²) in [5, 5.41) is 16.4. The highest BCUT2D eigenvalue weighted by Gasteiger charge is 2.37. The van der Waals surface area contributed by atoms with Crippen molar-refractivity contribution in [1.82, 2.24) is 15.0 Å². The lowest BCUT2D eigenvalue weighted by molar-refractivity contribution is -0.138. The van der Waals surface area contributed by atoms with E-state index in [2.05, 4.69) is 10.3 Å². The minimum absolute atomic E-state index is 0.0952. The number of carboxylic acid groups (broad SMARTS) is 1. The van der Waals surface area contributed by atoms with Gasteiger partial charge in [-0.25, -0.2) is 9.48 Å². The normalized spacial score (nSPS) is 18.0. The zero-order chi connectivity index (χ0) is 15.9. The van der Waals surface area contributed by atoms with Gasteiger partial charge in [-0.05, 0) is 30.9 Å². The molecule has 1 unspecified atom stereocenters. The van der Waals surface area contributed by atoms with Gasteiger partial charge in [-0.15, -0.1) is 5.10 Å². The van der Waals surface area contributed by atoms with Crippen molar-refractivity contribution in [3.8, 4) is 0 Å². The number of aromatic carboxylic acids is 1. The van der Waals surface area contributed by atoms with Gasteiger partial charge in [-0.2, -0.15) is 13.2 Å². The molecule has 0 saturated carbocycles. The van der Waals surface area contributed by atoms with Crippen LogP contribution >= 0.6 is 0 Å². The number of nitrogens with zero attached hydrogens (tertiary/aromatic N) is 3. The van der Waals surface area contributed by atoms with Gasteiger partial charge in [-0.3, -0.25) is 0 Å². The second kappa shape index (κ2) is 5.11. The number of carboxylic acids is 1. The third-order valence-electron chi connectivity index (χ3n) is 3.81. The van der Waals surface area contributed by atoms with Crippen LogP contribution in [0.1, 0.15) is 46.2 Å². The number of alkyl halides is 3. The molecule has 2 heterocycles. The number of aromatic nitrogens is 3. The molecule has 5 nitrogen and oxygen atoms in total. The van der Waals surface area contributed by atoms with Crippen molar-refractivity contribution in [2.24, 2.45) is 0 Å². The highest BCUT2D eigenvalue weighted by Crippen LogP contribution is 2.39. The van der Waals surface area contributed by atoms with Crippen LogP contribution in [0, 0.1) is 0 Å². The van der Waals surface area contributed by atoms with Gasteiger partial charge < -0.3 is 5.11 Å². The van der Waals surface area contributed by atoms with E-state index in [9.17, 15) is 18.0 Å². The maximum absolute atomic E-state index is 13.2. The Hall–Kier alpha value is -2.38. The van der Waals surface area contributed by atoms with Crippen molar-refractivity contribution in [2.75, 3.05) is 0 Å². The number of hydrogen-bond acceptors (Lipinski definition) is 3. The molecule has 1 aliphatic heterocycles. The SMILES string of the molecule is O=C(O)c1nnn2c1CCCC2c1ccccc1C(F)(F)F. The van der Waals surface area contributed by atoms with E-state index in [1.165, 1.54) is 22.9 Å². The van der Waals surface area contributed by atoms with Crippen LogP contribution < -0.4 is 0 Å². The van der Waals surface area contributed by atoms with Crippen LogP contribution in [0.2, 0.25) is 0 Å². The summed E-state index contributed by atoms with van der Waals surface area (Å²) in [6.07, 6.45) is -2.98. The topological polar surface area (TPSA) is 68.0 Å². The van der Waals surface area contributed by atoms with Crippen LogP contribution in [0.4, 0.5) is 13.2 Å². The van der Waals surface area contributed by atoms with Crippen LogP contribution in [0.15, 0.2) is 24.3 Å². The van der Waals surface area contributed by atoms with Crippen molar-refractivity contribution in [1.29, 1.82) is 0 Å². The summed E-state index contributed by atoms with van der Waals surface area (Å²) < 4.78 is 40.8. The van der Waals surface area contributed by atoms with Gasteiger partial charge in [0.2, 0.25) is 0 Å². The summed E-state index contributed by atoms with van der Waals surface area (Å²) in [6, 6.07) is 4.65. The van der Waals surface area contributed by atoms with E-state index in [4.69, 9.17) is 5.11 Å². The molecular weight excluding hydrogens is 299 g/mol. The summed E-state index contributed by atoms with van der Waals surface area (Å²) in [4.78, 5) is 11.1. The third-order valence-corrected chi connectivity index (χ3v) is 3.81. The molecule has 0 spiro atoms. The molecule has 116 valence electrons. The van der Waals surface area contributed by atoms with Gasteiger partial charge in [-0.1, -0.05) is 23.4 Å². The Kier molecular flexibility index (Phi) is 3.38. The molecule has 2 aromatic rings.